The molecule has 0 atom stereocenters. The molecule has 118 valence electrons. The molecule has 0 aliphatic rings. The van der Waals surface area contributed by atoms with Gasteiger partial charge in [0.05, 0.1) is 18.7 Å². The van der Waals surface area contributed by atoms with Gasteiger partial charge in [-0.3, -0.25) is 4.79 Å². The van der Waals surface area contributed by atoms with Crippen molar-refractivity contribution >= 4 is 40.9 Å². The molecule has 0 saturated carbocycles. The lowest BCUT2D eigenvalue weighted by Gasteiger charge is -2.08. The van der Waals surface area contributed by atoms with Gasteiger partial charge in [-0.15, -0.1) is 22.6 Å². The second-order valence-electron chi connectivity index (χ2n) is 4.10. The molecule has 1 amide bonds. The van der Waals surface area contributed by atoms with Crippen molar-refractivity contribution in [3.05, 3.63) is 23.9 Å². The summed E-state index contributed by atoms with van der Waals surface area (Å²) in [6.07, 6.45) is 0. The zero-order valence-electron chi connectivity index (χ0n) is 11.7. The summed E-state index contributed by atoms with van der Waals surface area (Å²) in [5, 5.41) is 20.4. The summed E-state index contributed by atoms with van der Waals surface area (Å²) in [5.41, 5.74) is 5.75. The van der Waals surface area contributed by atoms with E-state index in [0.29, 0.717) is 11.2 Å². The van der Waals surface area contributed by atoms with Crippen LogP contribution in [0.2, 0.25) is 0 Å². The van der Waals surface area contributed by atoms with Crippen LogP contribution in [0, 0.1) is 0 Å². The van der Waals surface area contributed by atoms with E-state index in [1.807, 2.05) is 0 Å². The second-order valence-corrected chi connectivity index (χ2v) is 4.10. The summed E-state index contributed by atoms with van der Waals surface area (Å²) in [6.45, 7) is 1.64. The smallest absolute Gasteiger partial charge is 0.362 e. The van der Waals surface area contributed by atoms with Gasteiger partial charge in [0, 0.05) is 11.1 Å². The van der Waals surface area contributed by atoms with Crippen LogP contribution in [0.1, 0.15) is 17.4 Å². The van der Waals surface area contributed by atoms with Crippen LogP contribution in [0.3, 0.4) is 0 Å². The number of nitrogens with zero attached hydrogens (tertiary/aromatic N) is 2. The number of halogens is 1. The average Bonchev–Trinajstić information content (AvgIpc) is 2.48. The second kappa shape index (κ2) is 7.53. The van der Waals surface area contributed by atoms with Crippen LogP contribution in [0.4, 0.5) is 5.69 Å². The molecule has 0 bridgehead atoms. The van der Waals surface area contributed by atoms with E-state index in [1.165, 1.54) is 6.07 Å². The molecular formula is C13H15ClN4O4. The van der Waals surface area contributed by atoms with Gasteiger partial charge in [0.2, 0.25) is 11.6 Å². The zero-order valence-corrected chi connectivity index (χ0v) is 12.5. The molecule has 9 heteroatoms. The number of carbonyl (C=O) groups excluding carboxylic acids is 2. The maximum Gasteiger partial charge on any atom is 0.362 e. The van der Waals surface area contributed by atoms with Gasteiger partial charge in [-0.1, -0.05) is 0 Å². The molecule has 1 heterocycles. The lowest BCUT2D eigenvalue weighted by atomic mass is 10.1. The van der Waals surface area contributed by atoms with E-state index < -0.39 is 5.97 Å². The van der Waals surface area contributed by atoms with Gasteiger partial charge in [-0.25, -0.2) is 4.79 Å². The van der Waals surface area contributed by atoms with Crippen molar-refractivity contribution in [1.29, 1.82) is 0 Å². The van der Waals surface area contributed by atoms with Crippen molar-refractivity contribution in [2.75, 3.05) is 18.5 Å². The van der Waals surface area contributed by atoms with Crippen LogP contribution < -0.4 is 11.1 Å². The number of aromatic hydroxyl groups is 1. The number of hydrogen-bond acceptors (Lipinski definition) is 7. The summed E-state index contributed by atoms with van der Waals surface area (Å²) < 4.78 is 4.78. The molecule has 22 heavy (non-hydrogen) atoms. The van der Waals surface area contributed by atoms with E-state index in [-0.39, 0.29) is 48.3 Å². The molecule has 8 nitrogen and oxygen atoms in total. The highest BCUT2D eigenvalue weighted by Gasteiger charge is 2.18. The molecule has 2 rings (SSSR count). The minimum Gasteiger partial charge on any atom is -0.505 e. The van der Waals surface area contributed by atoms with E-state index in [1.54, 1.807) is 19.1 Å². The highest BCUT2D eigenvalue weighted by Crippen LogP contribution is 2.28. The highest BCUT2D eigenvalue weighted by molar-refractivity contribution is 6.00. The summed E-state index contributed by atoms with van der Waals surface area (Å²) >= 11 is 0. The van der Waals surface area contributed by atoms with Gasteiger partial charge in [0.25, 0.3) is 0 Å². The molecule has 0 saturated heterocycles. The Bertz CT molecular complexity index is 708. The standard InChI is InChI=1S/C13H14N4O4.ClH/c1-2-21-13(20)11-12(19)8-5-7(15-10(18)6-14)3-4-9(8)16-17-11;/h3-5H,2,6,14H2,1H3,(H,15,18)(H,16,19);1H. The number of nitrogens with two attached hydrogens (primary N) is 1. The lowest BCUT2D eigenvalue weighted by Crippen LogP contribution is -2.21. The van der Waals surface area contributed by atoms with Crippen molar-refractivity contribution < 1.29 is 19.4 Å². The molecule has 0 aliphatic carbocycles. The van der Waals surface area contributed by atoms with Crippen molar-refractivity contribution in [1.82, 2.24) is 10.2 Å². The fraction of sp³-hybridized carbons (Fsp3) is 0.231. The highest BCUT2D eigenvalue weighted by atomic mass is 35.5. The average molecular weight is 327 g/mol. The van der Waals surface area contributed by atoms with Gasteiger partial charge in [-0.05, 0) is 25.1 Å². The van der Waals surface area contributed by atoms with Crippen molar-refractivity contribution in [2.45, 2.75) is 6.92 Å². The number of hydrogen-bond donors (Lipinski definition) is 3. The molecule has 4 N–H and O–H groups in total. The number of esters is 1. The molecule has 2 aromatic rings. The predicted molar refractivity (Wildman–Crippen MR) is 82.1 cm³/mol. The van der Waals surface area contributed by atoms with Gasteiger partial charge in [0.15, 0.2) is 5.75 Å². The van der Waals surface area contributed by atoms with Crippen molar-refractivity contribution in [3.8, 4) is 5.75 Å². The summed E-state index contributed by atoms with van der Waals surface area (Å²) in [5.74, 6) is -1.48. The van der Waals surface area contributed by atoms with Gasteiger partial charge < -0.3 is 20.9 Å². The fourth-order valence-corrected chi connectivity index (χ4v) is 1.72. The van der Waals surface area contributed by atoms with E-state index >= 15 is 0 Å². The topological polar surface area (TPSA) is 127 Å². The number of amides is 1. The summed E-state index contributed by atoms with van der Waals surface area (Å²) in [7, 11) is 0. The Balaban J connectivity index is 0.00000242. The van der Waals surface area contributed by atoms with Gasteiger partial charge in [-0.2, -0.15) is 0 Å². The Morgan fingerprint density at radius 2 is 2.09 bits per heavy atom. The third kappa shape index (κ3) is 3.60. The maximum absolute atomic E-state index is 11.6. The number of anilines is 1. The van der Waals surface area contributed by atoms with E-state index in [0.717, 1.165) is 0 Å². The first-order valence-electron chi connectivity index (χ1n) is 6.23. The first kappa shape index (κ1) is 17.6. The Hall–Kier alpha value is -2.45. The van der Waals surface area contributed by atoms with E-state index in [9.17, 15) is 14.7 Å². The third-order valence-electron chi connectivity index (χ3n) is 2.67. The van der Waals surface area contributed by atoms with Crippen LogP contribution in [-0.4, -0.2) is 40.3 Å². The van der Waals surface area contributed by atoms with Crippen LogP contribution >= 0.6 is 12.4 Å². The first-order valence-corrected chi connectivity index (χ1v) is 6.23. The van der Waals surface area contributed by atoms with E-state index in [2.05, 4.69) is 15.5 Å². The van der Waals surface area contributed by atoms with Gasteiger partial charge >= 0.3 is 5.97 Å². The molecule has 0 unspecified atom stereocenters. The number of nitrogens with one attached hydrogen (secondary N) is 1. The molecule has 1 aromatic carbocycles. The number of aromatic nitrogens is 2. The number of ether oxygens (including phenoxy) is 1. The third-order valence-corrected chi connectivity index (χ3v) is 2.67. The molecule has 1 aromatic heterocycles. The Kier molecular flexibility index (Phi) is 6.02. The summed E-state index contributed by atoms with van der Waals surface area (Å²) in [6, 6.07) is 4.63. The minimum absolute atomic E-state index is 0. The van der Waals surface area contributed by atoms with E-state index in [4.69, 9.17) is 10.5 Å². The van der Waals surface area contributed by atoms with Crippen LogP contribution in [0.15, 0.2) is 18.2 Å². The maximum atomic E-state index is 11.6. The predicted octanol–water partition coefficient (Wildman–Crippen LogP) is 0.831. The summed E-state index contributed by atoms with van der Waals surface area (Å²) in [4.78, 5) is 22.9. The Labute approximate surface area is 132 Å². The number of rotatable bonds is 4. The van der Waals surface area contributed by atoms with Gasteiger partial charge in [0.1, 0.15) is 0 Å². The SMILES string of the molecule is CCOC(=O)c1nnc2ccc(NC(=O)CN)cc2c1O.Cl. The molecular weight excluding hydrogens is 312 g/mol. The molecule has 0 fully saturated rings. The molecule has 0 radical (unpaired) electrons. The zero-order chi connectivity index (χ0) is 15.4. The fourth-order valence-electron chi connectivity index (χ4n) is 1.72. The minimum atomic E-state index is -0.763. The number of carbonyl (C=O) groups is 2. The largest absolute Gasteiger partial charge is 0.505 e. The normalized spacial score (nSPS) is 9.91. The monoisotopic (exact) mass is 326 g/mol. The van der Waals surface area contributed by atoms with Crippen molar-refractivity contribution in [2.24, 2.45) is 5.73 Å². The number of fused-ring (bicyclic) bond motifs is 1. The lowest BCUT2D eigenvalue weighted by molar-refractivity contribution is -0.114. The van der Waals surface area contributed by atoms with Crippen LogP contribution in [0.25, 0.3) is 10.9 Å². The molecule has 0 aliphatic heterocycles. The van der Waals surface area contributed by atoms with Crippen molar-refractivity contribution in [3.63, 3.8) is 0 Å². The number of benzene rings is 1. The quantitative estimate of drug-likeness (QED) is 0.710. The van der Waals surface area contributed by atoms with Crippen LogP contribution in [-0.2, 0) is 9.53 Å². The Morgan fingerprint density at radius 3 is 2.73 bits per heavy atom. The Morgan fingerprint density at radius 1 is 1.36 bits per heavy atom. The molecule has 0 spiro atoms. The van der Waals surface area contributed by atoms with Crippen LogP contribution in [0.5, 0.6) is 5.75 Å². The first-order chi connectivity index (χ1) is 10.1.